The van der Waals surface area contributed by atoms with Crippen LogP contribution < -0.4 is 5.73 Å². The van der Waals surface area contributed by atoms with Crippen LogP contribution in [0.5, 0.6) is 0 Å². The molecule has 16 heavy (non-hydrogen) atoms. The van der Waals surface area contributed by atoms with E-state index in [1.54, 1.807) is 0 Å². The van der Waals surface area contributed by atoms with E-state index < -0.39 is 11.9 Å². The van der Waals surface area contributed by atoms with Crippen molar-refractivity contribution in [3.63, 3.8) is 0 Å². The fourth-order valence-electron chi connectivity index (χ4n) is 1.25. The topological polar surface area (TPSA) is 101 Å². The SMILES string of the molecule is Cl.NCCc1cc(C(=O)O)cc(C(=O)O)c1. The van der Waals surface area contributed by atoms with Gasteiger partial charge in [-0.1, -0.05) is 0 Å². The van der Waals surface area contributed by atoms with Crippen molar-refractivity contribution in [3.05, 3.63) is 34.9 Å². The van der Waals surface area contributed by atoms with Crippen molar-refractivity contribution in [1.82, 2.24) is 0 Å². The monoisotopic (exact) mass is 245 g/mol. The molecule has 0 heterocycles. The summed E-state index contributed by atoms with van der Waals surface area (Å²) >= 11 is 0. The van der Waals surface area contributed by atoms with Crippen LogP contribution in [0, 0.1) is 0 Å². The van der Waals surface area contributed by atoms with Crippen molar-refractivity contribution in [3.8, 4) is 0 Å². The van der Waals surface area contributed by atoms with Gasteiger partial charge in [-0.05, 0) is 36.7 Å². The zero-order valence-electron chi connectivity index (χ0n) is 8.34. The highest BCUT2D eigenvalue weighted by atomic mass is 35.5. The first-order chi connectivity index (χ1) is 7.04. The highest BCUT2D eigenvalue weighted by Crippen LogP contribution is 2.11. The molecule has 0 amide bonds. The van der Waals surface area contributed by atoms with Gasteiger partial charge in [0.15, 0.2) is 0 Å². The number of halogens is 1. The fraction of sp³-hybridized carbons (Fsp3) is 0.200. The smallest absolute Gasteiger partial charge is 0.335 e. The summed E-state index contributed by atoms with van der Waals surface area (Å²) in [4.78, 5) is 21.4. The minimum atomic E-state index is -1.14. The molecule has 1 aromatic carbocycles. The first kappa shape index (κ1) is 14.4. The average Bonchev–Trinajstić information content (AvgIpc) is 2.17. The number of hydrogen-bond donors (Lipinski definition) is 3. The van der Waals surface area contributed by atoms with E-state index in [1.807, 2.05) is 0 Å². The Balaban J connectivity index is 0.00000225. The lowest BCUT2D eigenvalue weighted by atomic mass is 10.0. The Labute approximate surface area is 98.3 Å². The molecule has 0 saturated heterocycles. The van der Waals surface area contributed by atoms with Gasteiger partial charge in [0.25, 0.3) is 0 Å². The predicted molar refractivity (Wildman–Crippen MR) is 60.4 cm³/mol. The summed E-state index contributed by atoms with van der Waals surface area (Å²) < 4.78 is 0. The molecule has 1 aromatic rings. The molecule has 0 aliphatic rings. The van der Waals surface area contributed by atoms with Crippen LogP contribution in [0.15, 0.2) is 18.2 Å². The maximum atomic E-state index is 10.7. The molecule has 0 atom stereocenters. The van der Waals surface area contributed by atoms with Gasteiger partial charge in [-0.15, -0.1) is 12.4 Å². The predicted octanol–water partition coefficient (Wildman–Crippen LogP) is 1.01. The normalized spacial score (nSPS) is 9.31. The Bertz CT molecular complexity index is 374. The molecule has 88 valence electrons. The highest BCUT2D eigenvalue weighted by molar-refractivity contribution is 5.94. The number of carboxylic acids is 2. The number of carboxylic acid groups (broad SMARTS) is 2. The summed E-state index contributed by atoms with van der Waals surface area (Å²) in [5.41, 5.74) is 5.88. The van der Waals surface area contributed by atoms with Crippen molar-refractivity contribution < 1.29 is 19.8 Å². The lowest BCUT2D eigenvalue weighted by Crippen LogP contribution is -2.07. The Kier molecular flexibility index (Phi) is 5.49. The van der Waals surface area contributed by atoms with Crippen LogP contribution in [-0.4, -0.2) is 28.7 Å². The van der Waals surface area contributed by atoms with Gasteiger partial charge in [0.2, 0.25) is 0 Å². The third kappa shape index (κ3) is 3.52. The van der Waals surface area contributed by atoms with E-state index >= 15 is 0 Å². The first-order valence-corrected chi connectivity index (χ1v) is 4.35. The highest BCUT2D eigenvalue weighted by Gasteiger charge is 2.10. The van der Waals surface area contributed by atoms with Gasteiger partial charge in [-0.3, -0.25) is 0 Å². The van der Waals surface area contributed by atoms with Crippen molar-refractivity contribution in [2.24, 2.45) is 5.73 Å². The standard InChI is InChI=1S/C10H11NO4.ClH/c11-2-1-6-3-7(9(12)13)5-8(4-6)10(14)15;/h3-5H,1-2,11H2,(H,12,13)(H,14,15);1H. The summed E-state index contributed by atoms with van der Waals surface area (Å²) in [6.45, 7) is 0.349. The molecular weight excluding hydrogens is 234 g/mol. The maximum absolute atomic E-state index is 10.7. The molecule has 4 N–H and O–H groups in total. The Morgan fingerprint density at radius 2 is 1.50 bits per heavy atom. The molecule has 0 saturated carbocycles. The summed E-state index contributed by atoms with van der Waals surface area (Å²) in [6, 6.07) is 3.99. The van der Waals surface area contributed by atoms with Crippen molar-refractivity contribution in [2.75, 3.05) is 6.54 Å². The lowest BCUT2D eigenvalue weighted by Gasteiger charge is -2.03. The number of aromatic carboxylic acids is 2. The van der Waals surface area contributed by atoms with E-state index in [1.165, 1.54) is 12.1 Å². The third-order valence-corrected chi connectivity index (χ3v) is 1.92. The van der Waals surface area contributed by atoms with E-state index in [9.17, 15) is 9.59 Å². The summed E-state index contributed by atoms with van der Waals surface area (Å²) in [7, 11) is 0. The molecule has 0 bridgehead atoms. The zero-order valence-corrected chi connectivity index (χ0v) is 9.16. The number of rotatable bonds is 4. The molecule has 0 aliphatic carbocycles. The van der Waals surface area contributed by atoms with Crippen LogP contribution in [0.4, 0.5) is 0 Å². The Hall–Kier alpha value is -1.59. The van der Waals surface area contributed by atoms with Gasteiger partial charge in [0.05, 0.1) is 11.1 Å². The first-order valence-electron chi connectivity index (χ1n) is 4.35. The zero-order chi connectivity index (χ0) is 11.4. The van der Waals surface area contributed by atoms with Crippen LogP contribution in [0.3, 0.4) is 0 Å². The van der Waals surface area contributed by atoms with E-state index in [0.29, 0.717) is 18.5 Å². The quantitative estimate of drug-likeness (QED) is 0.735. The average molecular weight is 246 g/mol. The molecule has 6 heteroatoms. The van der Waals surface area contributed by atoms with Gasteiger partial charge in [0.1, 0.15) is 0 Å². The fourth-order valence-corrected chi connectivity index (χ4v) is 1.25. The largest absolute Gasteiger partial charge is 0.478 e. The van der Waals surface area contributed by atoms with Crippen LogP contribution >= 0.6 is 12.4 Å². The molecule has 0 radical (unpaired) electrons. The molecule has 0 unspecified atom stereocenters. The van der Waals surface area contributed by atoms with Crippen molar-refractivity contribution >= 4 is 24.3 Å². The molecule has 5 nitrogen and oxygen atoms in total. The van der Waals surface area contributed by atoms with Crippen LogP contribution in [0.25, 0.3) is 0 Å². The second-order valence-electron chi connectivity index (χ2n) is 3.07. The Morgan fingerprint density at radius 1 is 1.06 bits per heavy atom. The molecule has 1 rings (SSSR count). The van der Waals surface area contributed by atoms with E-state index in [4.69, 9.17) is 15.9 Å². The minimum Gasteiger partial charge on any atom is -0.478 e. The van der Waals surface area contributed by atoms with E-state index in [2.05, 4.69) is 0 Å². The molecule has 0 fully saturated rings. The van der Waals surface area contributed by atoms with Crippen LogP contribution in [-0.2, 0) is 6.42 Å². The van der Waals surface area contributed by atoms with Gasteiger partial charge >= 0.3 is 11.9 Å². The van der Waals surface area contributed by atoms with Crippen LogP contribution in [0.1, 0.15) is 26.3 Å². The molecule has 0 aliphatic heterocycles. The van der Waals surface area contributed by atoms with Crippen molar-refractivity contribution in [1.29, 1.82) is 0 Å². The molecular formula is C10H12ClNO4. The third-order valence-electron chi connectivity index (χ3n) is 1.92. The van der Waals surface area contributed by atoms with E-state index in [-0.39, 0.29) is 23.5 Å². The lowest BCUT2D eigenvalue weighted by molar-refractivity contribution is 0.0696. The van der Waals surface area contributed by atoms with E-state index in [0.717, 1.165) is 6.07 Å². The van der Waals surface area contributed by atoms with Crippen molar-refractivity contribution in [2.45, 2.75) is 6.42 Å². The second-order valence-corrected chi connectivity index (χ2v) is 3.07. The number of hydrogen-bond acceptors (Lipinski definition) is 3. The molecule has 0 spiro atoms. The minimum absolute atomic E-state index is 0. The van der Waals surface area contributed by atoms with Gasteiger partial charge in [0, 0.05) is 0 Å². The number of nitrogens with two attached hydrogens (primary N) is 1. The number of benzene rings is 1. The second kappa shape index (κ2) is 6.09. The maximum Gasteiger partial charge on any atom is 0.335 e. The van der Waals surface area contributed by atoms with Gasteiger partial charge in [-0.25, -0.2) is 9.59 Å². The summed E-state index contributed by atoms with van der Waals surface area (Å²) in [6.07, 6.45) is 0.460. The Morgan fingerprint density at radius 3 is 1.81 bits per heavy atom. The van der Waals surface area contributed by atoms with Crippen LogP contribution in [0.2, 0.25) is 0 Å². The van der Waals surface area contributed by atoms with Gasteiger partial charge < -0.3 is 15.9 Å². The number of carbonyl (C=O) groups is 2. The molecule has 0 aromatic heterocycles. The summed E-state index contributed by atoms with van der Waals surface area (Å²) in [5, 5.41) is 17.5. The summed E-state index contributed by atoms with van der Waals surface area (Å²) in [5.74, 6) is -2.28. The van der Waals surface area contributed by atoms with Gasteiger partial charge in [-0.2, -0.15) is 0 Å².